The van der Waals surface area contributed by atoms with E-state index in [0.717, 1.165) is 0 Å². The second-order valence-corrected chi connectivity index (χ2v) is 7.85. The third-order valence-corrected chi connectivity index (χ3v) is 5.83. The van der Waals surface area contributed by atoms with Crippen molar-refractivity contribution in [3.8, 4) is 0 Å². The van der Waals surface area contributed by atoms with Gasteiger partial charge in [-0.05, 0) is 51.1 Å². The van der Waals surface area contributed by atoms with Gasteiger partial charge in [0.2, 0.25) is 0 Å². The first-order valence-corrected chi connectivity index (χ1v) is 10.1. The molecular formula is C19H21N3O4S. The lowest BCUT2D eigenvalue weighted by Crippen LogP contribution is -2.23. The number of carbonyl (C=O) groups excluding carboxylic acids is 1. The smallest absolute Gasteiger partial charge is 0.295 e. The molecule has 0 saturated carbocycles. The molecule has 0 aliphatic rings. The molecule has 142 valence electrons. The normalized spacial score (nSPS) is 11.7. The van der Waals surface area contributed by atoms with E-state index < -0.39 is 10.0 Å². The lowest BCUT2D eigenvalue weighted by Gasteiger charge is -2.10. The van der Waals surface area contributed by atoms with Gasteiger partial charge in [0.1, 0.15) is 0 Å². The summed E-state index contributed by atoms with van der Waals surface area (Å²) >= 11 is 0. The third kappa shape index (κ3) is 3.40. The summed E-state index contributed by atoms with van der Waals surface area (Å²) in [5.41, 5.74) is 1.84. The average molecular weight is 387 g/mol. The van der Waals surface area contributed by atoms with Crippen LogP contribution in [0.4, 0.5) is 5.69 Å². The highest BCUT2D eigenvalue weighted by Gasteiger charge is 2.18. The van der Waals surface area contributed by atoms with Crippen molar-refractivity contribution in [3.05, 3.63) is 58.5 Å². The second-order valence-electron chi connectivity index (χ2n) is 6.16. The molecule has 0 fully saturated rings. The van der Waals surface area contributed by atoms with E-state index in [9.17, 15) is 18.0 Å². The van der Waals surface area contributed by atoms with Gasteiger partial charge in [-0.3, -0.25) is 18.7 Å². The first kappa shape index (κ1) is 18.9. The summed E-state index contributed by atoms with van der Waals surface area (Å²) < 4.78 is 31.2. The molecule has 0 aliphatic heterocycles. The molecular weight excluding hydrogens is 366 g/mol. The Morgan fingerprint density at radius 2 is 1.67 bits per heavy atom. The van der Waals surface area contributed by atoms with Crippen LogP contribution in [0.15, 0.2) is 52.2 Å². The minimum absolute atomic E-state index is 0.0543. The number of ketones is 1. The van der Waals surface area contributed by atoms with Crippen molar-refractivity contribution in [2.75, 3.05) is 4.72 Å². The number of imidazole rings is 1. The molecule has 0 amide bonds. The van der Waals surface area contributed by atoms with E-state index in [1.807, 2.05) is 13.8 Å². The van der Waals surface area contributed by atoms with Gasteiger partial charge in [0.05, 0.1) is 15.9 Å². The molecule has 8 heteroatoms. The molecule has 27 heavy (non-hydrogen) atoms. The first-order chi connectivity index (χ1) is 12.8. The summed E-state index contributed by atoms with van der Waals surface area (Å²) in [6.07, 6.45) is 0. The van der Waals surface area contributed by atoms with Gasteiger partial charge in [-0.15, -0.1) is 0 Å². The van der Waals surface area contributed by atoms with Crippen LogP contribution in [0, 0.1) is 0 Å². The van der Waals surface area contributed by atoms with E-state index in [-0.39, 0.29) is 16.4 Å². The van der Waals surface area contributed by atoms with Crippen molar-refractivity contribution in [1.82, 2.24) is 9.13 Å². The fraction of sp³-hybridized carbons (Fsp3) is 0.263. The Hall–Kier alpha value is -2.87. The van der Waals surface area contributed by atoms with Gasteiger partial charge in [0.15, 0.2) is 5.78 Å². The van der Waals surface area contributed by atoms with Crippen LogP contribution in [0.5, 0.6) is 0 Å². The average Bonchev–Trinajstić information content (AvgIpc) is 2.91. The maximum Gasteiger partial charge on any atom is 0.329 e. The fourth-order valence-corrected chi connectivity index (χ4v) is 4.16. The van der Waals surface area contributed by atoms with E-state index in [1.54, 1.807) is 33.4 Å². The number of hydrogen-bond donors (Lipinski definition) is 1. The van der Waals surface area contributed by atoms with Gasteiger partial charge in [0.25, 0.3) is 10.0 Å². The maximum atomic E-state index is 12.8. The topological polar surface area (TPSA) is 90.2 Å². The minimum Gasteiger partial charge on any atom is -0.295 e. The van der Waals surface area contributed by atoms with Crippen molar-refractivity contribution in [3.63, 3.8) is 0 Å². The predicted octanol–water partition coefficient (Wildman–Crippen LogP) is 2.85. The predicted molar refractivity (Wildman–Crippen MR) is 105 cm³/mol. The summed E-state index contributed by atoms with van der Waals surface area (Å²) in [4.78, 5) is 24.0. The maximum absolute atomic E-state index is 12.8. The monoisotopic (exact) mass is 387 g/mol. The van der Waals surface area contributed by atoms with Crippen LogP contribution >= 0.6 is 0 Å². The Balaban J connectivity index is 2.07. The number of nitrogens with zero attached hydrogens (tertiary/aromatic N) is 2. The summed E-state index contributed by atoms with van der Waals surface area (Å²) in [5, 5.41) is 0. The van der Waals surface area contributed by atoms with E-state index in [2.05, 4.69) is 4.72 Å². The lowest BCUT2D eigenvalue weighted by molar-refractivity contribution is 0.101. The van der Waals surface area contributed by atoms with Crippen molar-refractivity contribution in [2.24, 2.45) is 0 Å². The molecule has 0 saturated heterocycles. The molecule has 0 unspecified atom stereocenters. The molecule has 0 spiro atoms. The number of hydrogen-bond acceptors (Lipinski definition) is 4. The van der Waals surface area contributed by atoms with Crippen molar-refractivity contribution in [2.45, 2.75) is 38.8 Å². The fourth-order valence-electron chi connectivity index (χ4n) is 3.09. The zero-order valence-electron chi connectivity index (χ0n) is 15.4. The largest absolute Gasteiger partial charge is 0.329 e. The van der Waals surface area contributed by atoms with Crippen LogP contribution in [-0.4, -0.2) is 23.3 Å². The van der Waals surface area contributed by atoms with Gasteiger partial charge >= 0.3 is 5.69 Å². The van der Waals surface area contributed by atoms with Gasteiger partial charge in [-0.1, -0.05) is 12.1 Å². The van der Waals surface area contributed by atoms with E-state index >= 15 is 0 Å². The van der Waals surface area contributed by atoms with Crippen LogP contribution in [0.25, 0.3) is 11.0 Å². The first-order valence-electron chi connectivity index (χ1n) is 8.65. The standard InChI is InChI=1S/C19H21N3O4S/c1-4-21-17-10-9-16(12-18(17)22(5-2)19(21)24)27(25,26)20-15-8-6-7-14(11-15)13(3)23/h6-12,20H,4-5H2,1-3H3. The molecule has 0 bridgehead atoms. The summed E-state index contributed by atoms with van der Waals surface area (Å²) in [7, 11) is -3.87. The van der Waals surface area contributed by atoms with E-state index in [1.165, 1.54) is 25.1 Å². The Labute approximate surface area is 157 Å². The number of rotatable bonds is 6. The summed E-state index contributed by atoms with van der Waals surface area (Å²) in [6, 6.07) is 10.9. The molecule has 2 aromatic carbocycles. The summed E-state index contributed by atoms with van der Waals surface area (Å²) in [6.45, 7) is 6.08. The molecule has 3 aromatic rings. The number of nitrogens with one attached hydrogen (secondary N) is 1. The minimum atomic E-state index is -3.87. The quantitative estimate of drug-likeness (QED) is 0.659. The Bertz CT molecular complexity index is 1190. The summed E-state index contributed by atoms with van der Waals surface area (Å²) in [5.74, 6) is -0.148. The number of sulfonamides is 1. The molecule has 0 atom stereocenters. The Kier molecular flexibility index (Phi) is 4.93. The highest BCUT2D eigenvalue weighted by atomic mass is 32.2. The van der Waals surface area contributed by atoms with Gasteiger partial charge in [-0.25, -0.2) is 13.2 Å². The number of anilines is 1. The second kappa shape index (κ2) is 7.03. The van der Waals surface area contributed by atoms with Crippen LogP contribution in [-0.2, 0) is 23.1 Å². The van der Waals surface area contributed by atoms with E-state index in [0.29, 0.717) is 35.4 Å². The number of benzene rings is 2. The molecule has 7 nitrogen and oxygen atoms in total. The molecule has 1 heterocycles. The molecule has 1 N–H and O–H groups in total. The van der Waals surface area contributed by atoms with Crippen molar-refractivity contribution < 1.29 is 13.2 Å². The molecule has 0 radical (unpaired) electrons. The highest BCUT2D eigenvalue weighted by molar-refractivity contribution is 7.92. The highest BCUT2D eigenvalue weighted by Crippen LogP contribution is 2.22. The Morgan fingerprint density at radius 1 is 1.00 bits per heavy atom. The van der Waals surface area contributed by atoms with Crippen LogP contribution < -0.4 is 10.4 Å². The van der Waals surface area contributed by atoms with Crippen LogP contribution in [0.2, 0.25) is 0 Å². The molecule has 0 aliphatic carbocycles. The number of aromatic nitrogens is 2. The van der Waals surface area contributed by atoms with Gasteiger partial charge in [0, 0.05) is 24.3 Å². The third-order valence-electron chi connectivity index (χ3n) is 4.45. The van der Waals surface area contributed by atoms with Crippen molar-refractivity contribution in [1.29, 1.82) is 0 Å². The van der Waals surface area contributed by atoms with Gasteiger partial charge < -0.3 is 0 Å². The number of Topliss-reactive ketones (excluding diaryl/α,β-unsaturated/α-hetero) is 1. The molecule has 3 rings (SSSR count). The number of fused-ring (bicyclic) bond motifs is 1. The number of carbonyl (C=O) groups is 1. The lowest BCUT2D eigenvalue weighted by atomic mass is 10.1. The van der Waals surface area contributed by atoms with Crippen molar-refractivity contribution >= 4 is 32.5 Å². The van der Waals surface area contributed by atoms with Gasteiger partial charge in [-0.2, -0.15) is 0 Å². The van der Waals surface area contributed by atoms with Crippen LogP contribution in [0.3, 0.4) is 0 Å². The Morgan fingerprint density at radius 3 is 2.30 bits per heavy atom. The van der Waals surface area contributed by atoms with Crippen LogP contribution in [0.1, 0.15) is 31.1 Å². The SMILES string of the molecule is CCn1c(=O)n(CC)c2cc(S(=O)(=O)Nc3cccc(C(C)=O)c3)ccc21. The number of aryl methyl sites for hydroxylation is 2. The van der Waals surface area contributed by atoms with E-state index in [4.69, 9.17) is 0 Å². The zero-order chi connectivity index (χ0) is 19.8. The molecule has 1 aromatic heterocycles. The zero-order valence-corrected chi connectivity index (χ0v) is 16.2.